The number of anilines is 2. The van der Waals surface area contributed by atoms with Gasteiger partial charge in [-0.2, -0.15) is 0 Å². The molecule has 0 saturated carbocycles. The lowest BCUT2D eigenvalue weighted by Crippen LogP contribution is -2.26. The third kappa shape index (κ3) is 4.89. The van der Waals surface area contributed by atoms with Gasteiger partial charge in [0.15, 0.2) is 5.82 Å². The molecule has 0 atom stereocenters. The largest absolute Gasteiger partial charge is 0.447 e. The zero-order chi connectivity index (χ0) is 15.9. The van der Waals surface area contributed by atoms with Crippen molar-refractivity contribution in [1.29, 1.82) is 0 Å². The van der Waals surface area contributed by atoms with E-state index >= 15 is 0 Å². The number of amides is 1. The van der Waals surface area contributed by atoms with Crippen LogP contribution in [-0.4, -0.2) is 22.2 Å². The SMILES string of the molecule is CC(C)OC(=O)NCc1ccc(Nc2ncncc2Cl)cc1. The highest BCUT2D eigenvalue weighted by atomic mass is 35.5. The molecule has 1 aromatic carbocycles. The number of hydrogen-bond donors (Lipinski definition) is 2. The maximum absolute atomic E-state index is 11.4. The van der Waals surface area contributed by atoms with E-state index in [1.165, 1.54) is 12.5 Å². The highest BCUT2D eigenvalue weighted by Crippen LogP contribution is 2.21. The van der Waals surface area contributed by atoms with Crippen LogP contribution in [0, 0.1) is 0 Å². The van der Waals surface area contributed by atoms with Crippen LogP contribution in [0.3, 0.4) is 0 Å². The third-order valence-corrected chi connectivity index (χ3v) is 2.94. The smallest absolute Gasteiger partial charge is 0.407 e. The quantitative estimate of drug-likeness (QED) is 0.881. The fraction of sp³-hybridized carbons (Fsp3) is 0.267. The highest BCUT2D eigenvalue weighted by molar-refractivity contribution is 6.32. The third-order valence-electron chi connectivity index (χ3n) is 2.66. The molecule has 2 N–H and O–H groups in total. The van der Waals surface area contributed by atoms with E-state index in [-0.39, 0.29) is 6.10 Å². The molecule has 2 rings (SSSR count). The van der Waals surface area contributed by atoms with Crippen LogP contribution >= 0.6 is 11.6 Å². The Morgan fingerprint density at radius 2 is 2.05 bits per heavy atom. The van der Waals surface area contributed by atoms with E-state index in [2.05, 4.69) is 20.6 Å². The Morgan fingerprint density at radius 1 is 1.32 bits per heavy atom. The van der Waals surface area contributed by atoms with E-state index in [4.69, 9.17) is 16.3 Å². The predicted octanol–water partition coefficient (Wildman–Crippen LogP) is 3.51. The average Bonchev–Trinajstić information content (AvgIpc) is 2.48. The molecule has 116 valence electrons. The lowest BCUT2D eigenvalue weighted by molar-refractivity contribution is 0.115. The molecule has 1 amide bonds. The molecule has 2 aromatic rings. The number of nitrogens with zero attached hydrogens (tertiary/aromatic N) is 2. The van der Waals surface area contributed by atoms with E-state index in [1.807, 2.05) is 24.3 Å². The molecule has 0 aliphatic rings. The van der Waals surface area contributed by atoms with Crippen LogP contribution in [0.1, 0.15) is 19.4 Å². The fourth-order valence-corrected chi connectivity index (χ4v) is 1.83. The van der Waals surface area contributed by atoms with Gasteiger partial charge in [0.2, 0.25) is 0 Å². The van der Waals surface area contributed by atoms with Gasteiger partial charge in [-0.05, 0) is 31.5 Å². The molecule has 0 unspecified atom stereocenters. The molecule has 0 aliphatic carbocycles. The second-order valence-corrected chi connectivity index (χ2v) is 5.26. The van der Waals surface area contributed by atoms with Crippen molar-refractivity contribution in [2.75, 3.05) is 5.32 Å². The van der Waals surface area contributed by atoms with Crippen molar-refractivity contribution in [3.63, 3.8) is 0 Å². The number of alkyl carbamates (subject to hydrolysis) is 1. The number of rotatable bonds is 5. The number of aromatic nitrogens is 2. The van der Waals surface area contributed by atoms with Crippen molar-refractivity contribution >= 4 is 29.2 Å². The van der Waals surface area contributed by atoms with E-state index < -0.39 is 6.09 Å². The van der Waals surface area contributed by atoms with Gasteiger partial charge in [0.05, 0.1) is 12.3 Å². The summed E-state index contributed by atoms with van der Waals surface area (Å²) in [6, 6.07) is 7.55. The van der Waals surface area contributed by atoms with Crippen LogP contribution in [0.15, 0.2) is 36.8 Å². The van der Waals surface area contributed by atoms with Crippen molar-refractivity contribution in [1.82, 2.24) is 15.3 Å². The fourth-order valence-electron chi connectivity index (χ4n) is 1.68. The Bertz CT molecular complexity index is 632. The van der Waals surface area contributed by atoms with Crippen molar-refractivity contribution in [2.24, 2.45) is 0 Å². The lowest BCUT2D eigenvalue weighted by atomic mass is 10.2. The van der Waals surface area contributed by atoms with Crippen LogP contribution in [0.25, 0.3) is 0 Å². The monoisotopic (exact) mass is 320 g/mol. The number of ether oxygens (including phenoxy) is 1. The van der Waals surface area contributed by atoms with Gasteiger partial charge in [0.1, 0.15) is 11.3 Å². The van der Waals surface area contributed by atoms with Crippen LogP contribution < -0.4 is 10.6 Å². The number of carbonyl (C=O) groups is 1. The first-order chi connectivity index (χ1) is 10.5. The van der Waals surface area contributed by atoms with Gasteiger partial charge in [0.25, 0.3) is 0 Å². The summed E-state index contributed by atoms with van der Waals surface area (Å²) in [5.41, 5.74) is 1.80. The van der Waals surface area contributed by atoms with Crippen molar-refractivity contribution < 1.29 is 9.53 Å². The minimum absolute atomic E-state index is 0.135. The molecule has 0 bridgehead atoms. The summed E-state index contributed by atoms with van der Waals surface area (Å²) in [6.07, 6.45) is 2.39. The summed E-state index contributed by atoms with van der Waals surface area (Å²) in [4.78, 5) is 19.3. The first kappa shape index (κ1) is 16.0. The molecule has 0 aliphatic heterocycles. The second-order valence-electron chi connectivity index (χ2n) is 4.85. The van der Waals surface area contributed by atoms with Crippen molar-refractivity contribution in [3.05, 3.63) is 47.4 Å². The number of halogens is 1. The summed E-state index contributed by atoms with van der Waals surface area (Å²) in [7, 11) is 0. The summed E-state index contributed by atoms with van der Waals surface area (Å²) in [5.74, 6) is 0.544. The van der Waals surface area contributed by atoms with Crippen molar-refractivity contribution in [2.45, 2.75) is 26.5 Å². The van der Waals surface area contributed by atoms with Gasteiger partial charge in [-0.15, -0.1) is 0 Å². The first-order valence-corrected chi connectivity index (χ1v) is 7.18. The van der Waals surface area contributed by atoms with Gasteiger partial charge < -0.3 is 15.4 Å². The highest BCUT2D eigenvalue weighted by Gasteiger charge is 2.05. The molecule has 22 heavy (non-hydrogen) atoms. The Kier molecular flexibility index (Phi) is 5.55. The molecule has 1 heterocycles. The molecular formula is C15H17ClN4O2. The molecule has 1 aromatic heterocycles. The van der Waals surface area contributed by atoms with Gasteiger partial charge in [-0.3, -0.25) is 0 Å². The topological polar surface area (TPSA) is 76.1 Å². The minimum atomic E-state index is -0.426. The summed E-state index contributed by atoms with van der Waals surface area (Å²) in [5, 5.41) is 6.23. The molecular weight excluding hydrogens is 304 g/mol. The minimum Gasteiger partial charge on any atom is -0.447 e. The number of nitrogens with one attached hydrogen (secondary N) is 2. The van der Waals surface area contributed by atoms with Gasteiger partial charge in [-0.1, -0.05) is 23.7 Å². The zero-order valence-corrected chi connectivity index (χ0v) is 13.1. The first-order valence-electron chi connectivity index (χ1n) is 6.80. The average molecular weight is 321 g/mol. The number of carbonyl (C=O) groups excluding carboxylic acids is 1. The summed E-state index contributed by atoms with van der Waals surface area (Å²) < 4.78 is 5.00. The Balaban J connectivity index is 1.90. The van der Waals surface area contributed by atoms with E-state index in [1.54, 1.807) is 13.8 Å². The zero-order valence-electron chi connectivity index (χ0n) is 12.3. The summed E-state index contributed by atoms with van der Waals surface area (Å²) >= 11 is 5.98. The lowest BCUT2D eigenvalue weighted by Gasteiger charge is -2.10. The van der Waals surface area contributed by atoms with Crippen molar-refractivity contribution in [3.8, 4) is 0 Å². The normalized spacial score (nSPS) is 10.4. The molecule has 0 radical (unpaired) electrons. The Morgan fingerprint density at radius 3 is 2.68 bits per heavy atom. The van der Waals surface area contributed by atoms with Gasteiger partial charge in [-0.25, -0.2) is 14.8 Å². The maximum Gasteiger partial charge on any atom is 0.407 e. The molecule has 6 nitrogen and oxygen atoms in total. The van der Waals surface area contributed by atoms with E-state index in [0.29, 0.717) is 17.4 Å². The van der Waals surface area contributed by atoms with Gasteiger partial charge >= 0.3 is 6.09 Å². The molecule has 7 heteroatoms. The Hall–Kier alpha value is -2.34. The van der Waals surface area contributed by atoms with Crippen LogP contribution in [-0.2, 0) is 11.3 Å². The van der Waals surface area contributed by atoms with Crippen LogP contribution in [0.2, 0.25) is 5.02 Å². The number of hydrogen-bond acceptors (Lipinski definition) is 5. The maximum atomic E-state index is 11.4. The standard InChI is InChI=1S/C15H17ClN4O2/c1-10(2)22-15(21)18-7-11-3-5-12(6-4-11)20-14-13(16)8-17-9-19-14/h3-6,8-10H,7H2,1-2H3,(H,18,21)(H,17,19,20). The predicted molar refractivity (Wildman–Crippen MR) is 85.2 cm³/mol. The van der Waals surface area contributed by atoms with E-state index in [0.717, 1.165) is 11.3 Å². The molecule has 0 spiro atoms. The second kappa shape index (κ2) is 7.61. The summed E-state index contributed by atoms with van der Waals surface area (Å²) in [6.45, 7) is 4.01. The molecule has 0 saturated heterocycles. The van der Waals surface area contributed by atoms with Crippen LogP contribution in [0.4, 0.5) is 16.3 Å². The number of benzene rings is 1. The molecule has 0 fully saturated rings. The van der Waals surface area contributed by atoms with Crippen LogP contribution in [0.5, 0.6) is 0 Å². The van der Waals surface area contributed by atoms with Gasteiger partial charge in [0, 0.05) is 12.2 Å². The Labute approximate surface area is 133 Å². The van der Waals surface area contributed by atoms with E-state index in [9.17, 15) is 4.79 Å².